The van der Waals surface area contributed by atoms with Gasteiger partial charge in [0.15, 0.2) is 9.84 Å². The van der Waals surface area contributed by atoms with Crippen molar-refractivity contribution in [1.82, 2.24) is 5.32 Å². The number of sulfone groups is 1. The van der Waals surface area contributed by atoms with Crippen molar-refractivity contribution in [3.63, 3.8) is 0 Å². The number of hydrogen-bond donors (Lipinski definition) is 1. The Morgan fingerprint density at radius 1 is 1.44 bits per heavy atom. The van der Waals surface area contributed by atoms with Crippen LogP contribution in [-0.2, 0) is 16.4 Å². The third-order valence-electron chi connectivity index (χ3n) is 3.16. The molecule has 1 heterocycles. The number of rotatable bonds is 4. The van der Waals surface area contributed by atoms with Crippen molar-refractivity contribution in [3.8, 4) is 0 Å². The number of hydrogen-bond acceptors (Lipinski definition) is 3. The highest BCUT2D eigenvalue weighted by Crippen LogP contribution is 2.22. The van der Waals surface area contributed by atoms with E-state index >= 15 is 0 Å². The molecule has 1 unspecified atom stereocenters. The largest absolute Gasteiger partial charge is 0.311 e. The zero-order chi connectivity index (χ0) is 13.2. The molecule has 18 heavy (non-hydrogen) atoms. The van der Waals surface area contributed by atoms with Crippen molar-refractivity contribution in [1.29, 1.82) is 0 Å². The van der Waals surface area contributed by atoms with Gasteiger partial charge in [0.1, 0.15) is 0 Å². The Kier molecular flexibility index (Phi) is 4.69. The highest BCUT2D eigenvalue weighted by Gasteiger charge is 2.30. The van der Waals surface area contributed by atoms with Gasteiger partial charge in [0.25, 0.3) is 0 Å². The van der Waals surface area contributed by atoms with Crippen LogP contribution in [-0.4, -0.2) is 26.0 Å². The lowest BCUT2D eigenvalue weighted by Crippen LogP contribution is -2.30. The van der Waals surface area contributed by atoms with E-state index in [4.69, 9.17) is 11.6 Å². The van der Waals surface area contributed by atoms with Gasteiger partial charge in [-0.05, 0) is 36.6 Å². The van der Waals surface area contributed by atoms with Crippen molar-refractivity contribution in [2.24, 2.45) is 0 Å². The molecule has 0 aromatic heterocycles. The summed E-state index contributed by atoms with van der Waals surface area (Å²) in [5, 5.41) is 3.66. The van der Waals surface area contributed by atoms with Crippen LogP contribution in [0.3, 0.4) is 0 Å². The first-order chi connectivity index (χ1) is 8.49. The molecule has 2 rings (SSSR count). The van der Waals surface area contributed by atoms with Crippen LogP contribution < -0.4 is 5.32 Å². The Morgan fingerprint density at radius 3 is 2.89 bits per heavy atom. The quantitative estimate of drug-likeness (QED) is 0.906. The van der Waals surface area contributed by atoms with E-state index in [-0.39, 0.29) is 5.25 Å². The summed E-state index contributed by atoms with van der Waals surface area (Å²) in [6.07, 6.45) is 1.56. The fourth-order valence-corrected chi connectivity index (χ4v) is 4.52. The molecule has 0 saturated carbocycles. The van der Waals surface area contributed by atoms with E-state index < -0.39 is 9.84 Å². The summed E-state index contributed by atoms with van der Waals surface area (Å²) in [4.78, 5) is 0. The summed E-state index contributed by atoms with van der Waals surface area (Å²) in [5.41, 5.74) is 1.04. The first-order valence-corrected chi connectivity index (χ1v) is 8.74. The lowest BCUT2D eigenvalue weighted by Gasteiger charge is -2.11. The van der Waals surface area contributed by atoms with Crippen LogP contribution in [0.4, 0.5) is 0 Å². The van der Waals surface area contributed by atoms with Gasteiger partial charge < -0.3 is 5.32 Å². The van der Waals surface area contributed by atoms with Gasteiger partial charge in [0.05, 0.1) is 11.0 Å². The lowest BCUT2D eigenvalue weighted by molar-refractivity contribution is 0.574. The molecule has 100 valence electrons. The van der Waals surface area contributed by atoms with Crippen molar-refractivity contribution in [3.05, 3.63) is 33.3 Å². The molecule has 1 saturated heterocycles. The maximum absolute atomic E-state index is 11.7. The van der Waals surface area contributed by atoms with Crippen LogP contribution in [0.25, 0.3) is 0 Å². The van der Waals surface area contributed by atoms with Crippen molar-refractivity contribution >= 4 is 37.4 Å². The van der Waals surface area contributed by atoms with Gasteiger partial charge in [-0.1, -0.05) is 27.5 Å². The molecule has 1 aromatic rings. The highest BCUT2D eigenvalue weighted by molar-refractivity contribution is 9.10. The second kappa shape index (κ2) is 5.90. The van der Waals surface area contributed by atoms with Gasteiger partial charge in [0, 0.05) is 22.6 Å². The number of benzene rings is 1. The summed E-state index contributed by atoms with van der Waals surface area (Å²) < 4.78 is 24.3. The third-order valence-corrected chi connectivity index (χ3v) is 6.44. The lowest BCUT2D eigenvalue weighted by atomic mass is 10.2. The van der Waals surface area contributed by atoms with Crippen LogP contribution in [0.2, 0.25) is 5.02 Å². The number of halogens is 2. The van der Waals surface area contributed by atoms with E-state index in [2.05, 4.69) is 21.2 Å². The summed E-state index contributed by atoms with van der Waals surface area (Å²) >= 11 is 9.37. The topological polar surface area (TPSA) is 46.2 Å². The average molecular weight is 353 g/mol. The normalized spacial score (nSPS) is 22.2. The monoisotopic (exact) mass is 351 g/mol. The molecule has 0 spiro atoms. The van der Waals surface area contributed by atoms with Gasteiger partial charge in [0.2, 0.25) is 0 Å². The van der Waals surface area contributed by atoms with Crippen molar-refractivity contribution < 1.29 is 8.42 Å². The molecule has 1 atom stereocenters. The van der Waals surface area contributed by atoms with Gasteiger partial charge >= 0.3 is 0 Å². The van der Waals surface area contributed by atoms with Crippen LogP contribution in [0.1, 0.15) is 18.4 Å². The molecule has 0 radical (unpaired) electrons. The Hall–Kier alpha value is -0.100. The summed E-state index contributed by atoms with van der Waals surface area (Å²) in [5.74, 6) is 0.334. The molecule has 0 bridgehead atoms. The van der Waals surface area contributed by atoms with Crippen LogP contribution in [0.5, 0.6) is 0 Å². The predicted octanol–water partition coefficient (Wildman–Crippen LogP) is 2.77. The summed E-state index contributed by atoms with van der Waals surface area (Å²) in [6.45, 7) is 1.13. The Labute approximate surface area is 121 Å². The van der Waals surface area contributed by atoms with Gasteiger partial charge in [-0.25, -0.2) is 8.42 Å². The third kappa shape index (κ3) is 3.47. The van der Waals surface area contributed by atoms with E-state index in [9.17, 15) is 8.42 Å². The zero-order valence-corrected chi connectivity index (χ0v) is 13.0. The first kappa shape index (κ1) is 14.3. The summed E-state index contributed by atoms with van der Waals surface area (Å²) in [7, 11) is -2.86. The molecular weight excluding hydrogens is 338 g/mol. The maximum atomic E-state index is 11.7. The molecule has 1 aliphatic heterocycles. The minimum absolute atomic E-state index is 0.226. The molecule has 0 aliphatic carbocycles. The molecule has 1 aromatic carbocycles. The smallest absolute Gasteiger partial charge is 0.154 e. The molecule has 3 nitrogen and oxygen atoms in total. The van der Waals surface area contributed by atoms with E-state index in [0.717, 1.165) is 22.9 Å². The van der Waals surface area contributed by atoms with E-state index in [1.807, 2.05) is 18.2 Å². The number of nitrogens with one attached hydrogen (secondary N) is 1. The fraction of sp³-hybridized carbons (Fsp3) is 0.500. The maximum Gasteiger partial charge on any atom is 0.154 e. The highest BCUT2D eigenvalue weighted by atomic mass is 79.9. The van der Waals surface area contributed by atoms with Gasteiger partial charge in [-0.15, -0.1) is 0 Å². The van der Waals surface area contributed by atoms with E-state index in [0.29, 0.717) is 23.9 Å². The summed E-state index contributed by atoms with van der Waals surface area (Å²) in [6, 6.07) is 5.59. The second-order valence-corrected chi connectivity index (χ2v) is 8.19. The molecular formula is C12H15BrClNO2S. The van der Waals surface area contributed by atoms with E-state index in [1.54, 1.807) is 0 Å². The van der Waals surface area contributed by atoms with Gasteiger partial charge in [-0.3, -0.25) is 0 Å². The first-order valence-electron chi connectivity index (χ1n) is 5.85. The van der Waals surface area contributed by atoms with Crippen LogP contribution >= 0.6 is 27.5 Å². The minimum atomic E-state index is -2.86. The average Bonchev–Trinajstić information content (AvgIpc) is 2.63. The SMILES string of the molecule is O=S1(=O)CCCC1CNCc1cc(Cl)ccc1Br. The van der Waals surface area contributed by atoms with Crippen LogP contribution in [0, 0.1) is 0 Å². The Balaban J connectivity index is 1.91. The van der Waals surface area contributed by atoms with Gasteiger partial charge in [-0.2, -0.15) is 0 Å². The van der Waals surface area contributed by atoms with Crippen LogP contribution in [0.15, 0.2) is 22.7 Å². The minimum Gasteiger partial charge on any atom is -0.311 e. The molecule has 1 N–H and O–H groups in total. The predicted molar refractivity (Wildman–Crippen MR) is 77.7 cm³/mol. The zero-order valence-electron chi connectivity index (χ0n) is 9.83. The Morgan fingerprint density at radius 2 is 2.22 bits per heavy atom. The van der Waals surface area contributed by atoms with Crippen molar-refractivity contribution in [2.75, 3.05) is 12.3 Å². The molecule has 1 aliphatic rings. The van der Waals surface area contributed by atoms with Crippen molar-refractivity contribution in [2.45, 2.75) is 24.6 Å². The standard InChI is InChI=1S/C12H15BrClNO2S/c13-12-4-3-10(14)6-9(12)7-15-8-11-2-1-5-18(11,16)17/h3-4,6,11,15H,1-2,5,7-8H2. The van der Waals surface area contributed by atoms with E-state index in [1.165, 1.54) is 0 Å². The second-order valence-electron chi connectivity index (χ2n) is 4.50. The molecule has 6 heteroatoms. The fourth-order valence-electron chi connectivity index (χ4n) is 2.13. The molecule has 0 amide bonds. The molecule has 1 fully saturated rings. The Bertz CT molecular complexity index is 533.